The number of rotatable bonds is 3. The SMILES string of the molecule is C/C=C1/C=CCC/C1=C/CC1=CC[C@@H](c2nc3c(n2C)-c2cc(C)cnc2C2=C=C3C=CC=N2)C=C1. The molecule has 4 nitrogen and oxygen atoms in total. The van der Waals surface area contributed by atoms with Crippen LogP contribution in [0.1, 0.15) is 61.3 Å². The zero-order valence-corrected chi connectivity index (χ0v) is 21.1. The van der Waals surface area contributed by atoms with Crippen LogP contribution in [0.4, 0.5) is 0 Å². The fourth-order valence-corrected chi connectivity index (χ4v) is 5.45. The average Bonchev–Trinajstić information content (AvgIpc) is 3.04. The Kier molecular flexibility index (Phi) is 5.75. The second kappa shape index (κ2) is 9.22. The number of hydrogen-bond donors (Lipinski definition) is 0. The van der Waals surface area contributed by atoms with Gasteiger partial charge in [-0.3, -0.25) is 4.98 Å². The maximum absolute atomic E-state index is 5.20. The van der Waals surface area contributed by atoms with Gasteiger partial charge in [-0.1, -0.05) is 48.3 Å². The molecule has 0 N–H and O–H groups in total. The van der Waals surface area contributed by atoms with Gasteiger partial charge in [-0.25, -0.2) is 9.98 Å². The molecular weight excluding hydrogens is 440 g/mol. The highest BCUT2D eigenvalue weighted by Crippen LogP contribution is 2.40. The zero-order chi connectivity index (χ0) is 24.6. The van der Waals surface area contributed by atoms with Gasteiger partial charge in [-0.05, 0) is 80.0 Å². The maximum Gasteiger partial charge on any atom is 0.132 e. The number of pyridine rings is 1. The van der Waals surface area contributed by atoms with E-state index in [0.29, 0.717) is 0 Å². The molecule has 0 spiro atoms. The van der Waals surface area contributed by atoms with Gasteiger partial charge in [0.1, 0.15) is 22.9 Å². The van der Waals surface area contributed by atoms with Crippen LogP contribution in [-0.4, -0.2) is 20.7 Å². The van der Waals surface area contributed by atoms with Crippen LogP contribution in [0.3, 0.4) is 0 Å². The first-order valence-electron chi connectivity index (χ1n) is 12.8. The van der Waals surface area contributed by atoms with Crippen LogP contribution in [0.2, 0.25) is 0 Å². The summed E-state index contributed by atoms with van der Waals surface area (Å²) in [4.78, 5) is 14.5. The molecule has 4 aliphatic rings. The van der Waals surface area contributed by atoms with Crippen LogP contribution < -0.4 is 0 Å². The van der Waals surface area contributed by atoms with Gasteiger partial charge in [-0.15, -0.1) is 0 Å². The van der Waals surface area contributed by atoms with Gasteiger partial charge >= 0.3 is 0 Å². The summed E-state index contributed by atoms with van der Waals surface area (Å²) in [5.74, 6) is 1.31. The lowest BCUT2D eigenvalue weighted by molar-refractivity contribution is 0.710. The third-order valence-corrected chi connectivity index (χ3v) is 7.35. The Hall–Kier alpha value is -4.01. The number of fused-ring (bicyclic) bond motifs is 5. The molecule has 3 heterocycles. The third-order valence-electron chi connectivity index (χ3n) is 7.35. The minimum absolute atomic E-state index is 0.235. The topological polar surface area (TPSA) is 43.1 Å². The smallest absolute Gasteiger partial charge is 0.132 e. The standard InChI is InChI=1S/C32H30N4/c1-4-23-8-5-6-9-24(23)14-11-22-12-15-25(16-13-22)32-35-29-26-10-7-17-33-28(19-26)30-27(31(29)36(32)3)18-21(2)20-34-30/h4-5,7-8,10,12-15,17-18,20,25H,6,9,11,16H2,1-3H3/b23-4-,24-14-/t25-/m0/s1. The molecule has 0 unspecified atom stereocenters. The predicted molar refractivity (Wildman–Crippen MR) is 149 cm³/mol. The molecule has 2 aromatic rings. The van der Waals surface area contributed by atoms with E-state index in [9.17, 15) is 0 Å². The molecule has 0 saturated heterocycles. The summed E-state index contributed by atoms with van der Waals surface area (Å²) in [6.45, 7) is 4.20. The second-order valence-electron chi connectivity index (χ2n) is 9.76. The van der Waals surface area contributed by atoms with Crippen LogP contribution in [0.25, 0.3) is 22.5 Å². The van der Waals surface area contributed by atoms with Crippen molar-refractivity contribution >= 4 is 17.5 Å². The van der Waals surface area contributed by atoms with E-state index in [0.717, 1.165) is 71.0 Å². The molecule has 4 heteroatoms. The van der Waals surface area contributed by atoms with E-state index >= 15 is 0 Å². The Morgan fingerprint density at radius 1 is 1.19 bits per heavy atom. The van der Waals surface area contributed by atoms with Gasteiger partial charge in [0, 0.05) is 36.5 Å². The van der Waals surface area contributed by atoms with E-state index < -0.39 is 0 Å². The van der Waals surface area contributed by atoms with Crippen molar-refractivity contribution < 1.29 is 0 Å². The summed E-state index contributed by atoms with van der Waals surface area (Å²) in [7, 11) is 2.13. The second-order valence-corrected chi connectivity index (χ2v) is 9.76. The van der Waals surface area contributed by atoms with Crippen LogP contribution in [0.5, 0.6) is 0 Å². The number of aryl methyl sites for hydroxylation is 1. The Balaban J connectivity index is 1.32. The van der Waals surface area contributed by atoms with E-state index in [1.54, 1.807) is 0 Å². The molecule has 36 heavy (non-hydrogen) atoms. The molecule has 6 rings (SSSR count). The molecule has 3 aliphatic carbocycles. The van der Waals surface area contributed by atoms with Gasteiger partial charge in [-0.2, -0.15) is 0 Å². The van der Waals surface area contributed by atoms with E-state index in [-0.39, 0.29) is 5.92 Å². The van der Waals surface area contributed by atoms with Crippen LogP contribution in [0, 0.1) is 6.92 Å². The van der Waals surface area contributed by atoms with Gasteiger partial charge in [0.25, 0.3) is 0 Å². The number of aliphatic imine (C=N–C) groups is 1. The van der Waals surface area contributed by atoms with Crippen molar-refractivity contribution in [3.63, 3.8) is 0 Å². The summed E-state index contributed by atoms with van der Waals surface area (Å²) < 4.78 is 2.25. The van der Waals surface area contributed by atoms with Crippen molar-refractivity contribution in [2.75, 3.05) is 0 Å². The summed E-state index contributed by atoms with van der Waals surface area (Å²) >= 11 is 0. The Bertz CT molecular complexity index is 1540. The van der Waals surface area contributed by atoms with Crippen molar-refractivity contribution in [2.24, 2.45) is 12.0 Å². The lowest BCUT2D eigenvalue weighted by atomic mass is 9.91. The summed E-state index contributed by atoms with van der Waals surface area (Å²) in [6, 6.07) is 2.19. The highest BCUT2D eigenvalue weighted by atomic mass is 15.1. The van der Waals surface area contributed by atoms with Crippen molar-refractivity contribution in [1.29, 1.82) is 0 Å². The van der Waals surface area contributed by atoms with Crippen LogP contribution in [-0.2, 0) is 7.05 Å². The normalized spacial score (nSPS) is 22.1. The molecule has 0 saturated carbocycles. The minimum Gasteiger partial charge on any atom is -0.330 e. The molecule has 178 valence electrons. The van der Waals surface area contributed by atoms with E-state index in [2.05, 4.69) is 84.8 Å². The lowest BCUT2D eigenvalue weighted by Crippen LogP contribution is -2.07. The van der Waals surface area contributed by atoms with Crippen molar-refractivity contribution in [3.8, 4) is 11.3 Å². The fraction of sp³-hybridized carbons (Fsp3) is 0.250. The Labute approximate surface area is 212 Å². The van der Waals surface area contributed by atoms with Crippen molar-refractivity contribution in [3.05, 3.63) is 112 Å². The highest BCUT2D eigenvalue weighted by Gasteiger charge is 2.28. The molecule has 0 radical (unpaired) electrons. The van der Waals surface area contributed by atoms with Crippen LogP contribution >= 0.6 is 0 Å². The van der Waals surface area contributed by atoms with Crippen molar-refractivity contribution in [1.82, 2.24) is 14.5 Å². The third kappa shape index (κ3) is 3.94. The maximum atomic E-state index is 5.20. The fourth-order valence-electron chi connectivity index (χ4n) is 5.45. The first kappa shape index (κ1) is 22.5. The number of nitrogens with zero attached hydrogens (tertiary/aromatic N) is 4. The summed E-state index contributed by atoms with van der Waals surface area (Å²) in [6.07, 6.45) is 28.0. The number of aromatic nitrogens is 3. The van der Waals surface area contributed by atoms with Gasteiger partial charge < -0.3 is 4.57 Å². The number of allylic oxidation sites excluding steroid dienone is 13. The monoisotopic (exact) mass is 470 g/mol. The van der Waals surface area contributed by atoms with Gasteiger partial charge in [0.2, 0.25) is 0 Å². The minimum atomic E-state index is 0.235. The van der Waals surface area contributed by atoms with Crippen molar-refractivity contribution in [2.45, 2.75) is 45.4 Å². The first-order chi connectivity index (χ1) is 17.6. The molecule has 1 atom stereocenters. The number of hydrogen-bond acceptors (Lipinski definition) is 3. The first-order valence-corrected chi connectivity index (χ1v) is 12.8. The predicted octanol–water partition coefficient (Wildman–Crippen LogP) is 7.35. The highest BCUT2D eigenvalue weighted by molar-refractivity contribution is 5.97. The zero-order valence-electron chi connectivity index (χ0n) is 21.1. The quantitative estimate of drug-likeness (QED) is 0.440. The molecule has 0 fully saturated rings. The average molecular weight is 471 g/mol. The molecule has 2 aromatic heterocycles. The Morgan fingerprint density at radius 3 is 2.94 bits per heavy atom. The number of imidazole rings is 1. The lowest BCUT2D eigenvalue weighted by Gasteiger charge is -2.18. The summed E-state index contributed by atoms with van der Waals surface area (Å²) in [5.41, 5.74) is 14.5. The molecule has 0 aromatic carbocycles. The largest absolute Gasteiger partial charge is 0.330 e. The molecule has 1 aliphatic heterocycles. The Morgan fingerprint density at radius 2 is 2.11 bits per heavy atom. The van der Waals surface area contributed by atoms with E-state index in [1.807, 2.05) is 24.6 Å². The van der Waals surface area contributed by atoms with E-state index in [1.165, 1.54) is 16.7 Å². The molecular formula is C32H30N4. The summed E-state index contributed by atoms with van der Waals surface area (Å²) in [5, 5.41) is 0. The van der Waals surface area contributed by atoms with Gasteiger partial charge in [0.05, 0.1) is 5.69 Å². The van der Waals surface area contributed by atoms with Crippen LogP contribution in [0.15, 0.2) is 94.4 Å². The van der Waals surface area contributed by atoms with Gasteiger partial charge in [0.15, 0.2) is 0 Å². The van der Waals surface area contributed by atoms with E-state index in [4.69, 9.17) is 9.97 Å². The molecule has 0 amide bonds. The molecule has 2 bridgehead atoms.